The van der Waals surface area contributed by atoms with Crippen molar-refractivity contribution in [3.8, 4) is 0 Å². The van der Waals surface area contributed by atoms with Gasteiger partial charge in [-0.15, -0.1) is 0 Å². The number of carbonyl (C=O) groups is 2. The second-order valence-corrected chi connectivity index (χ2v) is 6.60. The Bertz CT molecular complexity index is 478. The molecule has 2 aliphatic heterocycles. The number of hydrogen-bond donors (Lipinski definition) is 0. The van der Waals surface area contributed by atoms with Gasteiger partial charge < -0.3 is 9.47 Å². The lowest BCUT2D eigenvalue weighted by atomic mass is 9.84. The number of carbonyl (C=O) groups excluding carboxylic acids is 2. The van der Waals surface area contributed by atoms with Crippen molar-refractivity contribution in [2.45, 2.75) is 39.9 Å². The van der Waals surface area contributed by atoms with E-state index in [4.69, 9.17) is 32.7 Å². The molecular formula is C12H14Cl2O4. The van der Waals surface area contributed by atoms with Crippen LogP contribution in [-0.2, 0) is 19.1 Å². The molecular weight excluding hydrogens is 279 g/mol. The fraction of sp³-hybridized carbons (Fsp3) is 0.667. The fourth-order valence-electron chi connectivity index (χ4n) is 2.01. The normalized spacial score (nSPS) is 33.7. The Hall–Kier alpha value is -0.740. The minimum Gasteiger partial charge on any atom is -0.416 e. The highest BCUT2D eigenvalue weighted by Gasteiger charge is 2.61. The van der Waals surface area contributed by atoms with Gasteiger partial charge >= 0.3 is 11.9 Å². The van der Waals surface area contributed by atoms with Crippen LogP contribution in [0.25, 0.3) is 0 Å². The summed E-state index contributed by atoms with van der Waals surface area (Å²) in [6.45, 7) is 6.62. The quantitative estimate of drug-likeness (QED) is 0.644. The third-order valence-electron chi connectivity index (χ3n) is 3.33. The van der Waals surface area contributed by atoms with Crippen molar-refractivity contribution in [1.82, 2.24) is 0 Å². The summed E-state index contributed by atoms with van der Waals surface area (Å²) in [5.41, 5.74) is -1.79. The van der Waals surface area contributed by atoms with Gasteiger partial charge in [0.25, 0.3) is 5.79 Å². The van der Waals surface area contributed by atoms with Gasteiger partial charge in [-0.25, -0.2) is 0 Å². The fourth-order valence-corrected chi connectivity index (χ4v) is 2.61. The van der Waals surface area contributed by atoms with Gasteiger partial charge in [0.15, 0.2) is 0 Å². The van der Waals surface area contributed by atoms with Gasteiger partial charge in [0.05, 0.1) is 15.9 Å². The molecule has 0 N–H and O–H groups in total. The molecule has 0 amide bonds. The molecule has 0 radical (unpaired) electrons. The summed E-state index contributed by atoms with van der Waals surface area (Å²) < 4.78 is 10.5. The summed E-state index contributed by atoms with van der Waals surface area (Å²) in [4.78, 5) is 23.7. The van der Waals surface area contributed by atoms with Crippen LogP contribution < -0.4 is 0 Å². The molecule has 4 nitrogen and oxygen atoms in total. The Morgan fingerprint density at radius 2 is 1.44 bits per heavy atom. The van der Waals surface area contributed by atoms with Gasteiger partial charge in [-0.3, -0.25) is 9.59 Å². The highest BCUT2D eigenvalue weighted by atomic mass is 35.5. The first-order chi connectivity index (χ1) is 8.03. The number of rotatable bonds is 0. The lowest BCUT2D eigenvalue weighted by Crippen LogP contribution is -2.46. The molecule has 0 aromatic rings. The molecule has 100 valence electrons. The molecule has 2 aliphatic rings. The van der Waals surface area contributed by atoms with E-state index in [0.717, 1.165) is 0 Å². The number of esters is 2. The summed E-state index contributed by atoms with van der Waals surface area (Å²) in [6, 6.07) is 0. The van der Waals surface area contributed by atoms with Gasteiger partial charge in [0.2, 0.25) is 0 Å². The summed E-state index contributed by atoms with van der Waals surface area (Å²) >= 11 is 12.3. The molecule has 2 rings (SSSR count). The Morgan fingerprint density at radius 3 is 1.89 bits per heavy atom. The van der Waals surface area contributed by atoms with E-state index in [1.54, 1.807) is 27.7 Å². The molecule has 2 heterocycles. The van der Waals surface area contributed by atoms with Crippen molar-refractivity contribution in [3.63, 3.8) is 0 Å². The molecule has 1 fully saturated rings. The van der Waals surface area contributed by atoms with E-state index in [2.05, 4.69) is 0 Å². The zero-order valence-corrected chi connectivity index (χ0v) is 12.1. The predicted octanol–water partition coefficient (Wildman–Crippen LogP) is 2.93. The average Bonchev–Trinajstić information content (AvgIpc) is 2.46. The van der Waals surface area contributed by atoms with Crippen molar-refractivity contribution < 1.29 is 19.1 Å². The summed E-state index contributed by atoms with van der Waals surface area (Å²) in [5.74, 6) is -2.56. The minimum atomic E-state index is -1.55. The Balaban J connectivity index is 2.53. The Morgan fingerprint density at radius 1 is 0.944 bits per heavy atom. The van der Waals surface area contributed by atoms with Crippen molar-refractivity contribution in [1.29, 1.82) is 0 Å². The average molecular weight is 293 g/mol. The van der Waals surface area contributed by atoms with Gasteiger partial charge in [-0.05, 0) is 27.7 Å². The van der Waals surface area contributed by atoms with E-state index in [-0.39, 0.29) is 16.5 Å². The van der Waals surface area contributed by atoms with E-state index in [1.165, 1.54) is 0 Å². The van der Waals surface area contributed by atoms with Gasteiger partial charge in [0, 0.05) is 6.42 Å². The lowest BCUT2D eigenvalue weighted by molar-refractivity contribution is -0.209. The smallest absolute Gasteiger partial charge is 0.320 e. The molecule has 0 aromatic carbocycles. The molecule has 1 atom stereocenters. The summed E-state index contributed by atoms with van der Waals surface area (Å²) in [7, 11) is 0. The zero-order chi connectivity index (χ0) is 13.9. The van der Waals surface area contributed by atoms with Crippen molar-refractivity contribution in [2.24, 2.45) is 10.8 Å². The van der Waals surface area contributed by atoms with Crippen molar-refractivity contribution in [3.05, 3.63) is 10.1 Å². The number of hydrogen-bond acceptors (Lipinski definition) is 4. The van der Waals surface area contributed by atoms with E-state index < -0.39 is 28.6 Å². The second-order valence-electron chi connectivity index (χ2n) is 5.85. The Kier molecular flexibility index (Phi) is 2.77. The van der Waals surface area contributed by atoms with Crippen LogP contribution >= 0.6 is 23.2 Å². The molecule has 0 bridgehead atoms. The highest BCUT2D eigenvalue weighted by molar-refractivity contribution is 6.41. The zero-order valence-electron chi connectivity index (χ0n) is 10.6. The Labute approximate surface area is 115 Å². The third kappa shape index (κ3) is 1.66. The van der Waals surface area contributed by atoms with Gasteiger partial charge in [0.1, 0.15) is 5.03 Å². The van der Waals surface area contributed by atoms with Crippen LogP contribution in [0.4, 0.5) is 0 Å². The van der Waals surface area contributed by atoms with Crippen molar-refractivity contribution in [2.75, 3.05) is 0 Å². The standard InChI is InChI=1S/C12H14Cl2O4/c1-10(2)5-12(17-8(10)15)7(14)6(13)11(3,4)9(16)18-12/h5H2,1-4H3. The van der Waals surface area contributed by atoms with Gasteiger partial charge in [-0.1, -0.05) is 23.2 Å². The largest absolute Gasteiger partial charge is 0.416 e. The minimum absolute atomic E-state index is 0.0766. The SMILES string of the molecule is CC1(C)CC2(OC1=O)OC(=O)C(C)(C)C(Cl)=C2Cl. The van der Waals surface area contributed by atoms with Gasteiger partial charge in [-0.2, -0.15) is 0 Å². The van der Waals surface area contributed by atoms with Crippen molar-refractivity contribution >= 4 is 35.1 Å². The van der Waals surface area contributed by atoms with Crippen LogP contribution in [0.2, 0.25) is 0 Å². The molecule has 0 saturated carbocycles. The van der Waals surface area contributed by atoms with E-state index >= 15 is 0 Å². The maximum atomic E-state index is 12.0. The number of halogens is 2. The molecule has 1 unspecified atom stereocenters. The summed E-state index contributed by atoms with van der Waals surface area (Å²) in [5, 5.41) is 0.235. The van der Waals surface area contributed by atoms with Crippen LogP contribution in [-0.4, -0.2) is 17.7 Å². The topological polar surface area (TPSA) is 52.6 Å². The second kappa shape index (κ2) is 3.64. The van der Waals surface area contributed by atoms with E-state index in [1.807, 2.05) is 0 Å². The third-order valence-corrected chi connectivity index (χ3v) is 4.56. The molecule has 0 aliphatic carbocycles. The number of ether oxygens (including phenoxy) is 2. The molecule has 18 heavy (non-hydrogen) atoms. The lowest BCUT2D eigenvalue weighted by Gasteiger charge is -2.38. The van der Waals surface area contributed by atoms with Crippen LogP contribution in [0, 0.1) is 10.8 Å². The van der Waals surface area contributed by atoms with Crippen LogP contribution in [0.3, 0.4) is 0 Å². The first-order valence-electron chi connectivity index (χ1n) is 5.56. The van der Waals surface area contributed by atoms with E-state index in [9.17, 15) is 9.59 Å². The first kappa shape index (κ1) is 13.7. The van der Waals surface area contributed by atoms with Crippen LogP contribution in [0.1, 0.15) is 34.1 Å². The molecule has 6 heteroatoms. The predicted molar refractivity (Wildman–Crippen MR) is 65.8 cm³/mol. The highest BCUT2D eigenvalue weighted by Crippen LogP contribution is 2.53. The summed E-state index contributed by atoms with van der Waals surface area (Å²) in [6.07, 6.45) is 0.162. The maximum absolute atomic E-state index is 12.0. The molecule has 1 spiro atoms. The molecule has 1 saturated heterocycles. The maximum Gasteiger partial charge on any atom is 0.320 e. The molecule has 0 aromatic heterocycles. The monoisotopic (exact) mass is 292 g/mol. The first-order valence-corrected chi connectivity index (χ1v) is 6.32. The van der Waals surface area contributed by atoms with Crippen LogP contribution in [0.15, 0.2) is 10.1 Å². The van der Waals surface area contributed by atoms with E-state index in [0.29, 0.717) is 0 Å². The van der Waals surface area contributed by atoms with Crippen LogP contribution in [0.5, 0.6) is 0 Å².